The van der Waals surface area contributed by atoms with Crippen molar-refractivity contribution >= 4 is 22.6 Å². The summed E-state index contributed by atoms with van der Waals surface area (Å²) in [5.41, 5.74) is 7.25. The molecule has 26 heavy (non-hydrogen) atoms. The highest BCUT2D eigenvalue weighted by atomic mass is 14.4. The molecule has 0 aromatic heterocycles. The molecule has 2 N–H and O–H groups in total. The van der Waals surface area contributed by atoms with Gasteiger partial charge in [0, 0.05) is 5.57 Å². The lowest BCUT2D eigenvalue weighted by atomic mass is 9.81. The second-order valence-electron chi connectivity index (χ2n) is 6.22. The summed E-state index contributed by atoms with van der Waals surface area (Å²) in [5.74, 6) is 0. The third-order valence-electron chi connectivity index (χ3n) is 4.53. The van der Waals surface area contributed by atoms with Crippen molar-refractivity contribution in [1.82, 2.24) is 0 Å². The molecule has 0 bridgehead atoms. The molecule has 2 heteroatoms. The molecule has 0 atom stereocenters. The first-order valence-electron chi connectivity index (χ1n) is 8.55. The summed E-state index contributed by atoms with van der Waals surface area (Å²) < 4.78 is 0. The summed E-state index contributed by atoms with van der Waals surface area (Å²) in [5, 5.41) is 16.3. The lowest BCUT2D eigenvalue weighted by molar-refractivity contribution is 1.46. The minimum absolute atomic E-state index is 0.496. The van der Waals surface area contributed by atoms with Gasteiger partial charge in [-0.3, -0.25) is 0 Å². The van der Waals surface area contributed by atoms with Gasteiger partial charge in [0.1, 0.15) is 0 Å². The van der Waals surface area contributed by atoms with Crippen LogP contribution < -0.4 is 0 Å². The highest BCUT2D eigenvalue weighted by Gasteiger charge is 2.22. The topological polar surface area (TPSA) is 47.7 Å². The van der Waals surface area contributed by atoms with Crippen LogP contribution in [0.4, 0.5) is 0 Å². The van der Waals surface area contributed by atoms with Crippen molar-refractivity contribution in [3.05, 3.63) is 119 Å². The molecule has 0 radical (unpaired) electrons. The predicted molar refractivity (Wildman–Crippen MR) is 110 cm³/mol. The summed E-state index contributed by atoms with van der Waals surface area (Å²) in [7, 11) is 0. The van der Waals surface area contributed by atoms with Crippen LogP contribution in [0.3, 0.4) is 0 Å². The van der Waals surface area contributed by atoms with E-state index >= 15 is 0 Å². The summed E-state index contributed by atoms with van der Waals surface area (Å²) in [6.45, 7) is 0. The Bertz CT molecular complexity index is 1010. The Balaban J connectivity index is 2.03. The molecule has 2 aromatic rings. The molecule has 2 nitrogen and oxygen atoms in total. The Morgan fingerprint density at radius 3 is 1.62 bits per heavy atom. The van der Waals surface area contributed by atoms with Gasteiger partial charge < -0.3 is 10.8 Å². The van der Waals surface area contributed by atoms with E-state index in [1.54, 1.807) is 12.2 Å². The van der Waals surface area contributed by atoms with Gasteiger partial charge in [-0.1, -0.05) is 78.9 Å². The van der Waals surface area contributed by atoms with Gasteiger partial charge in [-0.15, -0.1) is 0 Å². The van der Waals surface area contributed by atoms with Crippen molar-refractivity contribution in [3.63, 3.8) is 0 Å². The molecule has 0 aliphatic heterocycles. The zero-order valence-corrected chi connectivity index (χ0v) is 14.2. The second-order valence-corrected chi connectivity index (χ2v) is 6.22. The summed E-state index contributed by atoms with van der Waals surface area (Å²) in [6, 6.07) is 20.3. The van der Waals surface area contributed by atoms with Crippen molar-refractivity contribution in [3.8, 4) is 0 Å². The van der Waals surface area contributed by atoms with Gasteiger partial charge in [0.25, 0.3) is 0 Å². The van der Waals surface area contributed by atoms with Gasteiger partial charge >= 0.3 is 0 Å². The van der Waals surface area contributed by atoms with E-state index in [9.17, 15) is 0 Å². The molecule has 0 fully saturated rings. The van der Waals surface area contributed by atoms with Crippen LogP contribution >= 0.6 is 0 Å². The van der Waals surface area contributed by atoms with Crippen molar-refractivity contribution in [2.24, 2.45) is 0 Å². The standard InChI is InChI=1S/C24H18N2/c25-20-13-11-17(12-14-20)21-15-16-22(26)24(19-9-5-2-6-10-19)23(21)18-7-3-1-4-8-18/h1-16,25-26H. The molecule has 0 saturated carbocycles. The molecule has 0 unspecified atom stereocenters. The minimum Gasteiger partial charge on any atom is -0.301 e. The number of hydrogen-bond acceptors (Lipinski definition) is 2. The monoisotopic (exact) mass is 334 g/mol. The van der Waals surface area contributed by atoms with Gasteiger partial charge in [0.15, 0.2) is 0 Å². The van der Waals surface area contributed by atoms with Crippen LogP contribution in [-0.4, -0.2) is 11.4 Å². The number of rotatable bonds is 2. The van der Waals surface area contributed by atoms with Gasteiger partial charge in [-0.25, -0.2) is 0 Å². The molecule has 2 aromatic carbocycles. The largest absolute Gasteiger partial charge is 0.301 e. The van der Waals surface area contributed by atoms with Crippen LogP contribution in [0.15, 0.2) is 108 Å². The highest BCUT2D eigenvalue weighted by Crippen LogP contribution is 2.39. The van der Waals surface area contributed by atoms with Gasteiger partial charge in [-0.2, -0.15) is 0 Å². The first-order valence-corrected chi connectivity index (χ1v) is 8.55. The molecule has 2 aliphatic rings. The van der Waals surface area contributed by atoms with Crippen molar-refractivity contribution in [2.45, 2.75) is 0 Å². The van der Waals surface area contributed by atoms with E-state index in [0.717, 1.165) is 33.4 Å². The van der Waals surface area contributed by atoms with E-state index < -0.39 is 0 Å². The third-order valence-corrected chi connectivity index (χ3v) is 4.53. The first-order chi connectivity index (χ1) is 12.7. The molecule has 124 valence electrons. The number of allylic oxidation sites excluding steroid dienone is 10. The lowest BCUT2D eigenvalue weighted by Crippen LogP contribution is -2.09. The van der Waals surface area contributed by atoms with Crippen molar-refractivity contribution in [2.75, 3.05) is 0 Å². The maximum absolute atomic E-state index is 8.56. The molecule has 0 spiro atoms. The van der Waals surface area contributed by atoms with E-state index in [-0.39, 0.29) is 0 Å². The van der Waals surface area contributed by atoms with E-state index in [4.69, 9.17) is 10.8 Å². The van der Waals surface area contributed by atoms with Crippen molar-refractivity contribution in [1.29, 1.82) is 10.8 Å². The zero-order chi connectivity index (χ0) is 17.9. The average molecular weight is 334 g/mol. The number of hydrogen-bond donors (Lipinski definition) is 2. The smallest absolute Gasteiger partial charge is 0.0624 e. The van der Waals surface area contributed by atoms with Crippen LogP contribution in [-0.2, 0) is 0 Å². The van der Waals surface area contributed by atoms with E-state index in [0.29, 0.717) is 11.4 Å². The first kappa shape index (κ1) is 16.0. The molecule has 2 aliphatic carbocycles. The van der Waals surface area contributed by atoms with Gasteiger partial charge in [0.05, 0.1) is 11.4 Å². The number of benzene rings is 2. The molecular formula is C24H18N2. The Morgan fingerprint density at radius 1 is 0.500 bits per heavy atom. The molecular weight excluding hydrogens is 316 g/mol. The molecule has 0 saturated heterocycles. The molecule has 0 amide bonds. The van der Waals surface area contributed by atoms with Crippen molar-refractivity contribution < 1.29 is 0 Å². The maximum atomic E-state index is 8.56. The average Bonchev–Trinajstić information content (AvgIpc) is 2.70. The second kappa shape index (κ2) is 6.77. The van der Waals surface area contributed by atoms with Gasteiger partial charge in [-0.05, 0) is 46.1 Å². The van der Waals surface area contributed by atoms with Crippen LogP contribution in [0.2, 0.25) is 0 Å². The lowest BCUT2D eigenvalue weighted by Gasteiger charge is -2.23. The van der Waals surface area contributed by atoms with Crippen LogP contribution in [0.1, 0.15) is 11.1 Å². The third kappa shape index (κ3) is 2.93. The predicted octanol–water partition coefficient (Wildman–Crippen LogP) is 5.63. The summed E-state index contributed by atoms with van der Waals surface area (Å²) in [4.78, 5) is 0. The maximum Gasteiger partial charge on any atom is 0.0624 e. The van der Waals surface area contributed by atoms with Crippen LogP contribution in [0, 0.1) is 10.8 Å². The fourth-order valence-electron chi connectivity index (χ4n) is 3.30. The highest BCUT2D eigenvalue weighted by molar-refractivity contribution is 6.37. The fourth-order valence-corrected chi connectivity index (χ4v) is 3.30. The SMILES string of the molecule is N=C1C=CC(=C2C=CC(=N)C(c3ccccc3)=C2c2ccccc2)C=C1. The summed E-state index contributed by atoms with van der Waals surface area (Å²) in [6.07, 6.45) is 11.4. The van der Waals surface area contributed by atoms with Crippen LogP contribution in [0.5, 0.6) is 0 Å². The quantitative estimate of drug-likeness (QED) is 0.715. The molecule has 4 rings (SSSR count). The fraction of sp³-hybridized carbons (Fsp3) is 0. The Hall–Kier alpha value is -3.52. The van der Waals surface area contributed by atoms with E-state index in [1.807, 2.05) is 60.7 Å². The van der Waals surface area contributed by atoms with Gasteiger partial charge in [0.2, 0.25) is 0 Å². The van der Waals surface area contributed by atoms with E-state index in [1.165, 1.54) is 0 Å². The number of nitrogens with one attached hydrogen (secondary N) is 2. The Kier molecular flexibility index (Phi) is 4.16. The Morgan fingerprint density at radius 2 is 1.04 bits per heavy atom. The van der Waals surface area contributed by atoms with Crippen LogP contribution in [0.25, 0.3) is 11.1 Å². The normalized spacial score (nSPS) is 16.6. The Labute approximate surface area is 153 Å². The minimum atomic E-state index is 0.496. The zero-order valence-electron chi connectivity index (χ0n) is 14.2. The van der Waals surface area contributed by atoms with E-state index in [2.05, 4.69) is 24.3 Å². The molecule has 0 heterocycles. The summed E-state index contributed by atoms with van der Waals surface area (Å²) >= 11 is 0.